The molecule has 78 heavy (non-hydrogen) atoms. The topological polar surface area (TPSA) is 155 Å². The van der Waals surface area contributed by atoms with Crippen molar-refractivity contribution in [3.05, 3.63) is 146 Å². The van der Waals surface area contributed by atoms with Crippen molar-refractivity contribution in [2.45, 2.75) is 226 Å². The standard InChI is InChI=1S/C66H105O11P/c1-4-7-10-13-16-19-22-25-28-30-31-33-36-39-42-45-48-51-54-57-66(70)77-63(59-73-64(68)55-52-49-46-43-40-37-35-32-29-26-23-20-17-14-11-8-5-2)61-75-78(71,72)74-60-62(58-67)76-65(69)56-53-50-47-44-41-38-34-27-24-21-18-15-12-9-6-3/h7-12,16-21,25-29,31,33-34,41,44,50,53,62-63,67H,4-6,13-15,22-24,30,32,35-40,42-43,45-49,51-52,54-61H2,1-3H3,(H,71,72)/b10-7-,11-8-,12-9-,19-16-,20-17-,21-18-,28-25-,29-26-,33-31-,34-27-,44-41-,53-50-. The van der Waals surface area contributed by atoms with Crippen LogP contribution in [0.1, 0.15) is 213 Å². The lowest BCUT2D eigenvalue weighted by Crippen LogP contribution is -2.30. The molecule has 0 radical (unpaired) electrons. The minimum Gasteiger partial charge on any atom is -0.462 e. The summed E-state index contributed by atoms with van der Waals surface area (Å²) in [6.07, 6.45) is 75.4. The van der Waals surface area contributed by atoms with Crippen molar-refractivity contribution >= 4 is 25.7 Å². The van der Waals surface area contributed by atoms with Crippen molar-refractivity contribution in [3.63, 3.8) is 0 Å². The molecule has 0 aromatic heterocycles. The Morgan fingerprint density at radius 3 is 1.06 bits per heavy atom. The van der Waals surface area contributed by atoms with Crippen LogP contribution in [0, 0.1) is 0 Å². The quantitative estimate of drug-likeness (QED) is 0.0197. The van der Waals surface area contributed by atoms with Crippen molar-refractivity contribution in [2.75, 3.05) is 26.4 Å². The molecule has 0 rings (SSSR count). The molecule has 0 saturated heterocycles. The van der Waals surface area contributed by atoms with Gasteiger partial charge in [0, 0.05) is 12.8 Å². The van der Waals surface area contributed by atoms with E-state index in [0.717, 1.165) is 141 Å². The maximum Gasteiger partial charge on any atom is 0.472 e. The fourth-order valence-electron chi connectivity index (χ4n) is 7.38. The van der Waals surface area contributed by atoms with E-state index in [1.165, 1.54) is 12.8 Å². The predicted octanol–water partition coefficient (Wildman–Crippen LogP) is 17.9. The van der Waals surface area contributed by atoms with Gasteiger partial charge in [-0.3, -0.25) is 23.4 Å². The van der Waals surface area contributed by atoms with E-state index in [4.69, 9.17) is 23.3 Å². The zero-order valence-electron chi connectivity index (χ0n) is 48.6. The SMILES string of the molecule is CC/C=C\C/C=C\C/C=C\C/C=C\C/C=C\CC(=O)OC(CO)COP(=O)(O)OCC(COC(=O)CCCCCCCCC/C=C\C/C=C\C/C=C\CC)OC(=O)CCCCCCCC/C=C\C/C=C\C/C=C\C/C=C\CC. The third kappa shape index (κ3) is 56.1. The number of aliphatic hydroxyl groups excluding tert-OH is 1. The van der Waals surface area contributed by atoms with Gasteiger partial charge in [-0.05, 0) is 116 Å². The largest absolute Gasteiger partial charge is 0.472 e. The van der Waals surface area contributed by atoms with Gasteiger partial charge in [0.25, 0.3) is 0 Å². The Kier molecular flexibility index (Phi) is 55.0. The first-order chi connectivity index (χ1) is 38.2. The van der Waals surface area contributed by atoms with Crippen LogP contribution in [0.5, 0.6) is 0 Å². The maximum atomic E-state index is 12.9. The second-order valence-electron chi connectivity index (χ2n) is 19.0. The Labute approximate surface area is 473 Å². The molecule has 0 heterocycles. The van der Waals surface area contributed by atoms with E-state index in [9.17, 15) is 28.9 Å². The normalized spacial score (nSPS) is 14.4. The minimum absolute atomic E-state index is 0.0641. The van der Waals surface area contributed by atoms with Crippen LogP contribution in [-0.4, -0.2) is 66.5 Å². The number of carbonyl (C=O) groups excluding carboxylic acids is 3. The van der Waals surface area contributed by atoms with Crippen LogP contribution >= 0.6 is 7.82 Å². The molecule has 12 heteroatoms. The Morgan fingerprint density at radius 2 is 0.679 bits per heavy atom. The number of phosphoric ester groups is 1. The van der Waals surface area contributed by atoms with E-state index in [2.05, 4.69) is 142 Å². The summed E-state index contributed by atoms with van der Waals surface area (Å²) in [6.45, 7) is 4.15. The third-order valence-corrected chi connectivity index (χ3v) is 12.7. The summed E-state index contributed by atoms with van der Waals surface area (Å²) in [5.41, 5.74) is 0. The fourth-order valence-corrected chi connectivity index (χ4v) is 8.16. The number of ether oxygens (including phenoxy) is 3. The maximum absolute atomic E-state index is 12.9. The number of allylic oxidation sites excluding steroid dienone is 23. The van der Waals surface area contributed by atoms with E-state index in [-0.39, 0.29) is 25.9 Å². The number of rotatable bonds is 53. The summed E-state index contributed by atoms with van der Waals surface area (Å²) in [5.74, 6) is -1.65. The highest BCUT2D eigenvalue weighted by Crippen LogP contribution is 2.43. The van der Waals surface area contributed by atoms with Crippen LogP contribution in [-0.2, 0) is 42.2 Å². The number of aliphatic hydroxyl groups is 1. The van der Waals surface area contributed by atoms with Gasteiger partial charge >= 0.3 is 25.7 Å². The van der Waals surface area contributed by atoms with Crippen molar-refractivity contribution in [3.8, 4) is 0 Å². The number of esters is 3. The van der Waals surface area contributed by atoms with Crippen LogP contribution in [0.2, 0.25) is 0 Å². The molecule has 2 N–H and O–H groups in total. The fraction of sp³-hybridized carbons (Fsp3) is 0.591. The number of unbranched alkanes of at least 4 members (excludes halogenated alkanes) is 13. The van der Waals surface area contributed by atoms with Gasteiger partial charge in [-0.2, -0.15) is 0 Å². The molecule has 0 amide bonds. The number of hydrogen-bond donors (Lipinski definition) is 2. The Morgan fingerprint density at radius 1 is 0.372 bits per heavy atom. The van der Waals surface area contributed by atoms with E-state index in [1.807, 2.05) is 18.2 Å². The predicted molar refractivity (Wildman–Crippen MR) is 325 cm³/mol. The average molecular weight is 1110 g/mol. The van der Waals surface area contributed by atoms with Crippen molar-refractivity contribution in [2.24, 2.45) is 0 Å². The molecule has 0 aliphatic heterocycles. The van der Waals surface area contributed by atoms with Gasteiger partial charge in [0.05, 0.1) is 26.2 Å². The smallest absolute Gasteiger partial charge is 0.462 e. The highest BCUT2D eigenvalue weighted by Gasteiger charge is 2.28. The van der Waals surface area contributed by atoms with Crippen molar-refractivity contribution in [1.29, 1.82) is 0 Å². The van der Waals surface area contributed by atoms with Gasteiger partial charge in [0.15, 0.2) is 6.10 Å². The van der Waals surface area contributed by atoms with Crippen LogP contribution in [0.15, 0.2) is 146 Å². The molecule has 11 nitrogen and oxygen atoms in total. The Hall–Kier alpha value is -4.64. The summed E-state index contributed by atoms with van der Waals surface area (Å²) < 4.78 is 39.4. The average Bonchev–Trinajstić information content (AvgIpc) is 3.43. The Bertz CT molecular complexity index is 1860. The molecular formula is C66H105O11P. The van der Waals surface area contributed by atoms with Gasteiger partial charge in [-0.15, -0.1) is 0 Å². The van der Waals surface area contributed by atoms with E-state index >= 15 is 0 Å². The second-order valence-corrected chi connectivity index (χ2v) is 20.5. The zero-order chi connectivity index (χ0) is 56.9. The molecule has 0 spiro atoms. The zero-order valence-corrected chi connectivity index (χ0v) is 49.5. The molecule has 440 valence electrons. The van der Waals surface area contributed by atoms with Crippen LogP contribution < -0.4 is 0 Å². The molecule has 0 fully saturated rings. The van der Waals surface area contributed by atoms with Crippen LogP contribution in [0.4, 0.5) is 0 Å². The lowest BCUT2D eigenvalue weighted by Gasteiger charge is -2.21. The number of carbonyl (C=O) groups is 3. The first kappa shape index (κ1) is 73.4. The first-order valence-electron chi connectivity index (χ1n) is 29.7. The lowest BCUT2D eigenvalue weighted by molar-refractivity contribution is -0.161. The van der Waals surface area contributed by atoms with Gasteiger partial charge in [-0.25, -0.2) is 4.57 Å². The van der Waals surface area contributed by atoms with Crippen molar-refractivity contribution in [1.82, 2.24) is 0 Å². The molecule has 0 saturated carbocycles. The number of hydrogen-bond acceptors (Lipinski definition) is 10. The molecule has 0 aromatic carbocycles. The van der Waals surface area contributed by atoms with Gasteiger partial charge < -0.3 is 24.2 Å². The highest BCUT2D eigenvalue weighted by molar-refractivity contribution is 7.47. The summed E-state index contributed by atoms with van der Waals surface area (Å²) in [5, 5.41) is 9.81. The molecule has 0 aliphatic rings. The van der Waals surface area contributed by atoms with E-state index < -0.39 is 57.8 Å². The third-order valence-electron chi connectivity index (χ3n) is 11.8. The molecular weight excluding hydrogens is 1000 g/mol. The summed E-state index contributed by atoms with van der Waals surface area (Å²) in [7, 11) is -4.79. The van der Waals surface area contributed by atoms with E-state index in [1.54, 1.807) is 6.08 Å². The molecule has 0 bridgehead atoms. The summed E-state index contributed by atoms with van der Waals surface area (Å²) in [4.78, 5) is 48.6. The van der Waals surface area contributed by atoms with Gasteiger partial charge in [0.1, 0.15) is 12.7 Å². The second kappa shape index (κ2) is 58.5. The Balaban J connectivity index is 4.87. The molecule has 0 aromatic rings. The number of phosphoric acid groups is 1. The van der Waals surface area contributed by atoms with E-state index in [0.29, 0.717) is 19.3 Å². The molecule has 3 unspecified atom stereocenters. The monoisotopic (exact) mass is 1100 g/mol. The van der Waals surface area contributed by atoms with Gasteiger partial charge in [0.2, 0.25) is 0 Å². The summed E-state index contributed by atoms with van der Waals surface area (Å²) >= 11 is 0. The molecule has 3 atom stereocenters. The van der Waals surface area contributed by atoms with Crippen LogP contribution in [0.25, 0.3) is 0 Å². The van der Waals surface area contributed by atoms with Crippen molar-refractivity contribution < 1.29 is 52.2 Å². The lowest BCUT2D eigenvalue weighted by atomic mass is 10.1. The highest BCUT2D eigenvalue weighted by atomic mass is 31.2. The molecule has 0 aliphatic carbocycles. The summed E-state index contributed by atoms with van der Waals surface area (Å²) in [6, 6.07) is 0. The van der Waals surface area contributed by atoms with Gasteiger partial charge in [-0.1, -0.05) is 224 Å². The van der Waals surface area contributed by atoms with Crippen LogP contribution in [0.3, 0.4) is 0 Å². The first-order valence-corrected chi connectivity index (χ1v) is 31.2. The minimum atomic E-state index is -4.79.